The zero-order valence-corrected chi connectivity index (χ0v) is 24.4. The molecule has 39 heavy (non-hydrogen) atoms. The second-order valence-electron chi connectivity index (χ2n) is 9.07. The minimum Gasteiger partial charge on any atom is -0.489 e. The van der Waals surface area contributed by atoms with Gasteiger partial charge < -0.3 is 4.74 Å². The van der Waals surface area contributed by atoms with E-state index < -0.39 is 0 Å². The topological polar surface area (TPSA) is 47.4 Å². The third-order valence-corrected chi connectivity index (χ3v) is 8.36. The number of ether oxygens (including phenoxy) is 1. The predicted octanol–water partition coefficient (Wildman–Crippen LogP) is 8.42. The second-order valence-corrected chi connectivity index (χ2v) is 11.6. The van der Waals surface area contributed by atoms with Crippen LogP contribution in [-0.2, 0) is 11.4 Å². The number of thiocarbonyl (C=S) groups is 1. The molecule has 0 aliphatic carbocycles. The molecule has 1 aliphatic rings. The summed E-state index contributed by atoms with van der Waals surface area (Å²) in [7, 11) is 0. The summed E-state index contributed by atoms with van der Waals surface area (Å²) < 4.78 is 8.36. The molecule has 9 heteroatoms. The Hall–Kier alpha value is -3.10. The predicted molar refractivity (Wildman–Crippen MR) is 165 cm³/mol. The van der Waals surface area contributed by atoms with Gasteiger partial charge in [-0.2, -0.15) is 5.10 Å². The Kier molecular flexibility index (Phi) is 8.43. The van der Waals surface area contributed by atoms with Crippen molar-refractivity contribution in [3.63, 3.8) is 0 Å². The number of hydrogen-bond acceptors (Lipinski definition) is 5. The zero-order chi connectivity index (χ0) is 27.5. The number of thioether (sulfide) groups is 1. The van der Waals surface area contributed by atoms with E-state index in [9.17, 15) is 4.79 Å². The van der Waals surface area contributed by atoms with Gasteiger partial charge in [0.2, 0.25) is 0 Å². The molecule has 1 amide bonds. The lowest BCUT2D eigenvalue weighted by atomic mass is 10.1. The molecule has 1 fully saturated rings. The van der Waals surface area contributed by atoms with Crippen molar-refractivity contribution in [2.75, 3.05) is 0 Å². The minimum atomic E-state index is -0.0673. The lowest BCUT2D eigenvalue weighted by molar-refractivity contribution is -0.123. The highest BCUT2D eigenvalue weighted by molar-refractivity contribution is 8.26. The third kappa shape index (κ3) is 6.07. The van der Waals surface area contributed by atoms with Crippen LogP contribution in [0.25, 0.3) is 23.0 Å². The Morgan fingerprint density at radius 3 is 2.51 bits per heavy atom. The maximum absolute atomic E-state index is 13.2. The fourth-order valence-electron chi connectivity index (χ4n) is 4.12. The molecule has 0 bridgehead atoms. The summed E-state index contributed by atoms with van der Waals surface area (Å²) in [6.45, 7) is 4.38. The number of carbonyl (C=O) groups is 1. The number of hydrogen-bond donors (Lipinski definition) is 0. The number of halogens is 2. The molecular formula is C30H25Cl2N3O2S2. The summed E-state index contributed by atoms with van der Waals surface area (Å²) in [4.78, 5) is 15.5. The van der Waals surface area contributed by atoms with E-state index in [1.165, 1.54) is 11.8 Å². The van der Waals surface area contributed by atoms with Gasteiger partial charge in [0.25, 0.3) is 5.91 Å². The van der Waals surface area contributed by atoms with E-state index in [1.807, 2.05) is 91.5 Å². The smallest absolute Gasteiger partial charge is 0.266 e. The van der Waals surface area contributed by atoms with Crippen molar-refractivity contribution in [3.8, 4) is 22.7 Å². The average molecular weight is 595 g/mol. The summed E-state index contributed by atoms with van der Waals surface area (Å²) in [6, 6.07) is 23.0. The van der Waals surface area contributed by atoms with Crippen LogP contribution in [0.2, 0.25) is 10.0 Å². The second kappa shape index (κ2) is 12.0. The van der Waals surface area contributed by atoms with Gasteiger partial charge in [-0.15, -0.1) is 0 Å². The van der Waals surface area contributed by atoms with Gasteiger partial charge in [-0.25, -0.2) is 4.68 Å². The van der Waals surface area contributed by atoms with Crippen LogP contribution in [0.15, 0.2) is 83.9 Å². The highest BCUT2D eigenvalue weighted by Crippen LogP contribution is 2.36. The minimum absolute atomic E-state index is 0.0465. The van der Waals surface area contributed by atoms with Crippen molar-refractivity contribution in [2.45, 2.75) is 32.9 Å². The van der Waals surface area contributed by atoms with Gasteiger partial charge in [-0.05, 0) is 68.0 Å². The van der Waals surface area contributed by atoms with E-state index in [4.69, 9.17) is 45.3 Å². The molecule has 0 spiro atoms. The van der Waals surface area contributed by atoms with E-state index in [1.54, 1.807) is 17.0 Å². The molecule has 0 saturated carbocycles. The van der Waals surface area contributed by atoms with Gasteiger partial charge in [0.1, 0.15) is 16.7 Å². The third-order valence-electron chi connectivity index (χ3n) is 6.44. The van der Waals surface area contributed by atoms with E-state index in [2.05, 4.69) is 0 Å². The Morgan fingerprint density at radius 2 is 1.82 bits per heavy atom. The number of nitrogens with zero attached hydrogens (tertiary/aromatic N) is 3. The number of aromatic nitrogens is 2. The van der Waals surface area contributed by atoms with E-state index in [0.29, 0.717) is 31.6 Å². The van der Waals surface area contributed by atoms with Crippen LogP contribution in [0.5, 0.6) is 5.75 Å². The monoisotopic (exact) mass is 593 g/mol. The SMILES string of the molecule is CCC(C)N1C(=O)C(=Cc2cn(-c3ccccc3)nc2-c2ccc(OCc3ccc(Cl)cc3Cl)cc2)SC1=S. The maximum atomic E-state index is 13.2. The quantitative estimate of drug-likeness (QED) is 0.151. The number of carbonyl (C=O) groups excluding carboxylic acids is 1. The fourth-order valence-corrected chi connectivity index (χ4v) is 6.04. The Balaban J connectivity index is 1.45. The highest BCUT2D eigenvalue weighted by atomic mass is 35.5. The number of benzene rings is 3. The molecule has 5 rings (SSSR count). The first kappa shape index (κ1) is 27.5. The Labute approximate surface area is 247 Å². The van der Waals surface area contributed by atoms with Crippen molar-refractivity contribution in [1.29, 1.82) is 0 Å². The van der Waals surface area contributed by atoms with Gasteiger partial charge in [0, 0.05) is 39.0 Å². The number of para-hydroxylation sites is 1. The molecule has 5 nitrogen and oxygen atoms in total. The van der Waals surface area contributed by atoms with Crippen molar-refractivity contribution < 1.29 is 9.53 Å². The standard InChI is InChI=1S/C30H25Cl2N3O2S2/c1-3-19(2)35-29(36)27(39-30(35)38)15-22-17-34(24-7-5-4-6-8-24)33-28(22)20-10-13-25(14-11-20)37-18-21-9-12-23(31)16-26(21)32/h4-17,19H,3,18H2,1-2H3. The van der Waals surface area contributed by atoms with Crippen LogP contribution in [0.4, 0.5) is 0 Å². The summed E-state index contributed by atoms with van der Waals surface area (Å²) in [5, 5.41) is 6.03. The lowest BCUT2D eigenvalue weighted by Crippen LogP contribution is -2.36. The molecule has 198 valence electrons. The number of amides is 1. The summed E-state index contributed by atoms with van der Waals surface area (Å²) in [6.07, 6.45) is 4.65. The molecule has 1 aliphatic heterocycles. The zero-order valence-electron chi connectivity index (χ0n) is 21.3. The average Bonchev–Trinajstić information content (AvgIpc) is 3.48. The molecular weight excluding hydrogens is 569 g/mol. The van der Waals surface area contributed by atoms with Crippen LogP contribution < -0.4 is 4.74 Å². The van der Waals surface area contributed by atoms with Gasteiger partial charge in [-0.1, -0.05) is 78.4 Å². The Morgan fingerprint density at radius 1 is 1.08 bits per heavy atom. The Bertz CT molecular complexity index is 1550. The van der Waals surface area contributed by atoms with Gasteiger partial charge in [-0.3, -0.25) is 9.69 Å². The number of rotatable bonds is 8. The van der Waals surface area contributed by atoms with Gasteiger partial charge in [0.05, 0.1) is 16.3 Å². The molecule has 3 aromatic carbocycles. The molecule has 1 aromatic heterocycles. The normalized spacial score (nSPS) is 15.3. The van der Waals surface area contributed by atoms with Crippen LogP contribution in [0.3, 0.4) is 0 Å². The molecule has 0 N–H and O–H groups in total. The fraction of sp³-hybridized carbons (Fsp3) is 0.167. The summed E-state index contributed by atoms with van der Waals surface area (Å²) >= 11 is 19.1. The van der Waals surface area contributed by atoms with Crippen LogP contribution in [-0.4, -0.2) is 30.9 Å². The van der Waals surface area contributed by atoms with Crippen LogP contribution in [0.1, 0.15) is 31.4 Å². The van der Waals surface area contributed by atoms with E-state index >= 15 is 0 Å². The maximum Gasteiger partial charge on any atom is 0.266 e. The molecule has 1 saturated heterocycles. The largest absolute Gasteiger partial charge is 0.489 e. The van der Waals surface area contributed by atoms with Crippen molar-refractivity contribution in [3.05, 3.63) is 105 Å². The highest BCUT2D eigenvalue weighted by Gasteiger charge is 2.35. The molecule has 2 heterocycles. The van der Waals surface area contributed by atoms with Gasteiger partial charge in [0.15, 0.2) is 0 Å². The molecule has 1 unspecified atom stereocenters. The van der Waals surface area contributed by atoms with Crippen molar-refractivity contribution in [2.24, 2.45) is 0 Å². The summed E-state index contributed by atoms with van der Waals surface area (Å²) in [5.41, 5.74) is 4.24. The molecule has 0 radical (unpaired) electrons. The molecule has 4 aromatic rings. The van der Waals surface area contributed by atoms with Gasteiger partial charge >= 0.3 is 0 Å². The first-order chi connectivity index (χ1) is 18.8. The first-order valence-electron chi connectivity index (χ1n) is 12.4. The summed E-state index contributed by atoms with van der Waals surface area (Å²) in [5.74, 6) is 0.630. The van der Waals surface area contributed by atoms with E-state index in [-0.39, 0.29) is 11.9 Å². The van der Waals surface area contributed by atoms with Crippen LogP contribution >= 0.6 is 47.2 Å². The van der Waals surface area contributed by atoms with Crippen LogP contribution in [0, 0.1) is 0 Å². The van der Waals surface area contributed by atoms with Crippen molar-refractivity contribution in [1.82, 2.24) is 14.7 Å². The van der Waals surface area contributed by atoms with Crippen molar-refractivity contribution >= 4 is 63.5 Å². The lowest BCUT2D eigenvalue weighted by Gasteiger charge is -2.21. The first-order valence-corrected chi connectivity index (χ1v) is 14.4. The van der Waals surface area contributed by atoms with E-state index in [0.717, 1.165) is 34.5 Å². The molecule has 1 atom stereocenters.